The summed E-state index contributed by atoms with van der Waals surface area (Å²) in [6.45, 7) is 0. The van der Waals surface area contributed by atoms with Crippen molar-refractivity contribution in [2.75, 3.05) is 7.11 Å². The number of hydrogen-bond acceptors (Lipinski definition) is 3. The first-order chi connectivity index (χ1) is 9.26. The number of methoxy groups -OCH3 is 1. The number of phenols is 1. The van der Waals surface area contributed by atoms with Gasteiger partial charge < -0.3 is 9.84 Å². The average molecular weight is 251 g/mol. The highest BCUT2D eigenvalue weighted by Gasteiger charge is 2.02. The van der Waals surface area contributed by atoms with Crippen molar-refractivity contribution < 1.29 is 9.84 Å². The monoisotopic (exact) mass is 251 g/mol. The molecule has 0 aliphatic rings. The number of aromatic hydroxyl groups is 1. The number of rotatable bonds is 2. The predicted molar refractivity (Wildman–Crippen MR) is 75.4 cm³/mol. The smallest absolute Gasteiger partial charge is 0.118 e. The highest BCUT2D eigenvalue weighted by molar-refractivity contribution is 5.84. The minimum absolute atomic E-state index is 0.251. The molecule has 3 rings (SSSR count). The summed E-state index contributed by atoms with van der Waals surface area (Å²) in [7, 11) is 1.65. The predicted octanol–water partition coefficient (Wildman–Crippen LogP) is 3.62. The number of phenolic OH excluding ortho intramolecular Hbond substituents is 1. The van der Waals surface area contributed by atoms with Crippen LogP contribution in [0, 0.1) is 0 Å². The lowest BCUT2D eigenvalue weighted by Gasteiger charge is -2.05. The molecule has 1 heterocycles. The van der Waals surface area contributed by atoms with Crippen molar-refractivity contribution in [2.24, 2.45) is 0 Å². The fourth-order valence-electron chi connectivity index (χ4n) is 2.06. The van der Waals surface area contributed by atoms with Gasteiger partial charge in [-0.15, -0.1) is 0 Å². The second-order valence-corrected chi connectivity index (χ2v) is 4.33. The number of hydrogen-bond donors (Lipinski definition) is 1. The Morgan fingerprint density at radius 1 is 0.947 bits per heavy atom. The lowest BCUT2D eigenvalue weighted by molar-refractivity contribution is 0.415. The Labute approximate surface area is 111 Å². The summed E-state index contributed by atoms with van der Waals surface area (Å²) in [5.74, 6) is 1.08. The van der Waals surface area contributed by atoms with E-state index in [1.807, 2.05) is 42.6 Å². The molecule has 3 aromatic rings. The molecule has 0 saturated heterocycles. The van der Waals surface area contributed by atoms with Gasteiger partial charge in [-0.05, 0) is 42.0 Å². The van der Waals surface area contributed by atoms with Crippen LogP contribution in [-0.4, -0.2) is 17.2 Å². The van der Waals surface area contributed by atoms with E-state index >= 15 is 0 Å². The van der Waals surface area contributed by atoms with Crippen LogP contribution in [0.1, 0.15) is 0 Å². The molecule has 1 aromatic heterocycles. The third-order valence-electron chi connectivity index (χ3n) is 3.09. The van der Waals surface area contributed by atoms with Crippen LogP contribution < -0.4 is 4.74 Å². The Morgan fingerprint density at radius 3 is 2.47 bits per heavy atom. The summed E-state index contributed by atoms with van der Waals surface area (Å²) in [4.78, 5) is 4.40. The molecule has 0 aliphatic heterocycles. The van der Waals surface area contributed by atoms with Crippen molar-refractivity contribution >= 4 is 10.9 Å². The Kier molecular flexibility index (Phi) is 2.80. The van der Waals surface area contributed by atoms with E-state index < -0.39 is 0 Å². The fraction of sp³-hybridized carbons (Fsp3) is 0.0625. The summed E-state index contributed by atoms with van der Waals surface area (Å²) >= 11 is 0. The van der Waals surface area contributed by atoms with Gasteiger partial charge in [0.25, 0.3) is 0 Å². The molecule has 1 N–H and O–H groups in total. The Morgan fingerprint density at radius 2 is 1.74 bits per heavy atom. The van der Waals surface area contributed by atoms with Gasteiger partial charge in [0.05, 0.1) is 12.6 Å². The van der Waals surface area contributed by atoms with Crippen molar-refractivity contribution in [1.82, 2.24) is 4.98 Å². The number of nitrogens with zero attached hydrogens (tertiary/aromatic N) is 1. The fourth-order valence-corrected chi connectivity index (χ4v) is 2.06. The van der Waals surface area contributed by atoms with Crippen LogP contribution >= 0.6 is 0 Å². The number of fused-ring (bicyclic) bond motifs is 1. The summed E-state index contributed by atoms with van der Waals surface area (Å²) in [6.07, 6.45) is 1.83. The lowest BCUT2D eigenvalue weighted by atomic mass is 10.1. The molecule has 0 spiro atoms. The lowest BCUT2D eigenvalue weighted by Crippen LogP contribution is -1.85. The topological polar surface area (TPSA) is 42.4 Å². The van der Waals surface area contributed by atoms with E-state index in [0.717, 1.165) is 27.8 Å². The maximum atomic E-state index is 9.52. The van der Waals surface area contributed by atoms with E-state index in [9.17, 15) is 5.11 Å². The van der Waals surface area contributed by atoms with Crippen molar-refractivity contribution in [2.45, 2.75) is 0 Å². The van der Waals surface area contributed by atoms with E-state index in [2.05, 4.69) is 4.98 Å². The van der Waals surface area contributed by atoms with Crippen molar-refractivity contribution in [1.29, 1.82) is 0 Å². The van der Waals surface area contributed by atoms with Crippen LogP contribution in [-0.2, 0) is 0 Å². The summed E-state index contributed by atoms with van der Waals surface area (Å²) in [6, 6.07) is 15.0. The largest absolute Gasteiger partial charge is 0.508 e. The molecule has 0 amide bonds. The molecule has 94 valence electrons. The van der Waals surface area contributed by atoms with Gasteiger partial charge >= 0.3 is 0 Å². The minimum atomic E-state index is 0.251. The first kappa shape index (κ1) is 11.5. The van der Waals surface area contributed by atoms with Crippen LogP contribution in [0.2, 0.25) is 0 Å². The maximum absolute atomic E-state index is 9.52. The molecule has 0 fully saturated rings. The number of ether oxygens (including phenoxy) is 1. The van der Waals surface area contributed by atoms with Gasteiger partial charge in [-0.25, -0.2) is 0 Å². The molecule has 3 heteroatoms. The van der Waals surface area contributed by atoms with Crippen molar-refractivity contribution in [3.63, 3.8) is 0 Å². The van der Waals surface area contributed by atoms with E-state index in [1.54, 1.807) is 19.2 Å². The number of benzene rings is 2. The first-order valence-corrected chi connectivity index (χ1v) is 5.99. The SMILES string of the molecule is COc1ccc(-c2cnc3ccc(O)cc3c2)cc1. The molecular weight excluding hydrogens is 238 g/mol. The third-order valence-corrected chi connectivity index (χ3v) is 3.09. The van der Waals surface area contributed by atoms with Gasteiger partial charge in [-0.3, -0.25) is 4.98 Å². The van der Waals surface area contributed by atoms with Crippen LogP contribution in [0.4, 0.5) is 0 Å². The Bertz CT molecular complexity index is 720. The van der Waals surface area contributed by atoms with E-state index in [1.165, 1.54) is 0 Å². The summed E-state index contributed by atoms with van der Waals surface area (Å²) < 4.78 is 5.14. The summed E-state index contributed by atoms with van der Waals surface area (Å²) in [5, 5.41) is 10.4. The standard InChI is InChI=1S/C16H13NO2/c1-19-15-5-2-11(3-6-15)13-8-12-9-14(18)4-7-16(12)17-10-13/h2-10,18H,1H3. The minimum Gasteiger partial charge on any atom is -0.508 e. The molecule has 0 atom stereocenters. The molecule has 0 aliphatic carbocycles. The average Bonchev–Trinajstić information content (AvgIpc) is 2.46. The molecule has 0 unspecified atom stereocenters. The summed E-state index contributed by atoms with van der Waals surface area (Å²) in [5.41, 5.74) is 2.95. The van der Waals surface area contributed by atoms with E-state index in [-0.39, 0.29) is 5.75 Å². The highest BCUT2D eigenvalue weighted by Crippen LogP contribution is 2.26. The normalized spacial score (nSPS) is 10.6. The second kappa shape index (κ2) is 4.61. The van der Waals surface area contributed by atoms with Crippen molar-refractivity contribution in [3.8, 4) is 22.6 Å². The van der Waals surface area contributed by atoms with Crippen LogP contribution in [0.25, 0.3) is 22.0 Å². The van der Waals surface area contributed by atoms with Gasteiger partial charge in [0.15, 0.2) is 0 Å². The second-order valence-electron chi connectivity index (χ2n) is 4.33. The van der Waals surface area contributed by atoms with Gasteiger partial charge in [0.2, 0.25) is 0 Å². The van der Waals surface area contributed by atoms with Gasteiger partial charge in [-0.2, -0.15) is 0 Å². The number of pyridine rings is 1. The van der Waals surface area contributed by atoms with E-state index in [4.69, 9.17) is 4.74 Å². The zero-order valence-electron chi connectivity index (χ0n) is 10.5. The maximum Gasteiger partial charge on any atom is 0.118 e. The van der Waals surface area contributed by atoms with Gasteiger partial charge in [0, 0.05) is 17.1 Å². The van der Waals surface area contributed by atoms with Crippen LogP contribution in [0.3, 0.4) is 0 Å². The molecule has 0 radical (unpaired) electrons. The molecule has 0 bridgehead atoms. The molecule has 2 aromatic carbocycles. The molecule has 3 nitrogen and oxygen atoms in total. The van der Waals surface area contributed by atoms with Gasteiger partial charge in [0.1, 0.15) is 11.5 Å². The molecular formula is C16H13NO2. The highest BCUT2D eigenvalue weighted by atomic mass is 16.5. The zero-order chi connectivity index (χ0) is 13.2. The third kappa shape index (κ3) is 2.22. The van der Waals surface area contributed by atoms with Crippen molar-refractivity contribution in [3.05, 3.63) is 54.7 Å². The molecule has 0 saturated carbocycles. The number of aromatic nitrogens is 1. The van der Waals surface area contributed by atoms with Crippen LogP contribution in [0.5, 0.6) is 11.5 Å². The zero-order valence-corrected chi connectivity index (χ0v) is 10.5. The van der Waals surface area contributed by atoms with E-state index in [0.29, 0.717) is 0 Å². The Balaban J connectivity index is 2.08. The quantitative estimate of drug-likeness (QED) is 0.756. The molecule has 19 heavy (non-hydrogen) atoms. The van der Waals surface area contributed by atoms with Crippen LogP contribution in [0.15, 0.2) is 54.7 Å². The van der Waals surface area contributed by atoms with Gasteiger partial charge in [-0.1, -0.05) is 12.1 Å². The Hall–Kier alpha value is -2.55. The first-order valence-electron chi connectivity index (χ1n) is 5.99.